The lowest BCUT2D eigenvalue weighted by atomic mass is 9.81. The number of ether oxygens (including phenoxy) is 1. The average Bonchev–Trinajstić information content (AvgIpc) is 3.41. The van der Waals surface area contributed by atoms with E-state index >= 15 is 0 Å². The molecule has 3 fully saturated rings. The third-order valence-electron chi connectivity index (χ3n) is 6.74. The largest absolute Gasteiger partial charge is 0.381 e. The highest BCUT2D eigenvalue weighted by Gasteiger charge is 2.58. The lowest BCUT2D eigenvalue weighted by Gasteiger charge is -2.33. The smallest absolute Gasteiger partial charge is 0.255 e. The molecule has 3 aliphatic heterocycles. The van der Waals surface area contributed by atoms with Crippen molar-refractivity contribution in [3.63, 3.8) is 0 Å². The van der Waals surface area contributed by atoms with Crippen LogP contribution >= 0.6 is 0 Å². The van der Waals surface area contributed by atoms with Gasteiger partial charge < -0.3 is 14.2 Å². The summed E-state index contributed by atoms with van der Waals surface area (Å²) < 4.78 is 11.2. The zero-order chi connectivity index (χ0) is 20.0. The fourth-order valence-corrected chi connectivity index (χ4v) is 5.17. The highest BCUT2D eigenvalue weighted by atomic mass is 16.5. The van der Waals surface area contributed by atoms with Gasteiger partial charge in [0.25, 0.3) is 5.91 Å². The quantitative estimate of drug-likeness (QED) is 0.777. The third-order valence-corrected chi connectivity index (χ3v) is 6.74. The van der Waals surface area contributed by atoms with E-state index in [0.29, 0.717) is 36.4 Å². The number of hydrogen-bond donors (Lipinski definition) is 0. The third kappa shape index (κ3) is 3.24. The van der Waals surface area contributed by atoms with Gasteiger partial charge in [-0.15, -0.1) is 0 Å². The van der Waals surface area contributed by atoms with E-state index < -0.39 is 0 Å². The van der Waals surface area contributed by atoms with Crippen LogP contribution in [0.1, 0.15) is 40.6 Å². The molecule has 154 valence electrons. The van der Waals surface area contributed by atoms with Crippen LogP contribution in [0.5, 0.6) is 0 Å². The molecule has 0 saturated carbocycles. The summed E-state index contributed by atoms with van der Waals surface area (Å²) in [4.78, 5) is 26.5. The van der Waals surface area contributed by atoms with Gasteiger partial charge in [-0.05, 0) is 38.8 Å². The second-order valence-corrected chi connectivity index (χ2v) is 8.65. The summed E-state index contributed by atoms with van der Waals surface area (Å²) in [6, 6.07) is 4.27. The Morgan fingerprint density at radius 1 is 1.17 bits per heavy atom. The Hall–Kier alpha value is -2.32. The molecule has 0 aliphatic carbocycles. The van der Waals surface area contributed by atoms with E-state index in [0.717, 1.165) is 44.8 Å². The van der Waals surface area contributed by atoms with Gasteiger partial charge in [-0.2, -0.15) is 4.98 Å². The Kier molecular flexibility index (Phi) is 4.63. The summed E-state index contributed by atoms with van der Waals surface area (Å²) in [5.41, 5.74) is 1.24. The van der Waals surface area contributed by atoms with E-state index in [1.807, 2.05) is 30.9 Å². The van der Waals surface area contributed by atoms with Crippen molar-refractivity contribution in [2.45, 2.75) is 38.1 Å². The minimum absolute atomic E-state index is 0.0279. The van der Waals surface area contributed by atoms with Crippen LogP contribution < -0.4 is 0 Å². The zero-order valence-corrected chi connectivity index (χ0v) is 17.0. The van der Waals surface area contributed by atoms with Crippen molar-refractivity contribution >= 4 is 5.91 Å². The maximum Gasteiger partial charge on any atom is 0.255 e. The van der Waals surface area contributed by atoms with Crippen LogP contribution in [0.3, 0.4) is 0 Å². The molecule has 0 N–H and O–H groups in total. The van der Waals surface area contributed by atoms with Crippen molar-refractivity contribution in [2.75, 3.05) is 39.4 Å². The van der Waals surface area contributed by atoms with Gasteiger partial charge in [0.1, 0.15) is 0 Å². The molecule has 3 saturated heterocycles. The zero-order valence-electron chi connectivity index (χ0n) is 17.0. The number of pyridine rings is 1. The van der Waals surface area contributed by atoms with Gasteiger partial charge in [-0.25, -0.2) is 0 Å². The molecule has 2 atom stereocenters. The van der Waals surface area contributed by atoms with Gasteiger partial charge in [-0.1, -0.05) is 5.16 Å². The van der Waals surface area contributed by atoms with Gasteiger partial charge in [-0.3, -0.25) is 14.7 Å². The van der Waals surface area contributed by atoms with Crippen molar-refractivity contribution in [2.24, 2.45) is 5.92 Å². The van der Waals surface area contributed by atoms with Gasteiger partial charge in [0.05, 0.1) is 11.0 Å². The molecule has 29 heavy (non-hydrogen) atoms. The Labute approximate surface area is 170 Å². The maximum atomic E-state index is 13.1. The van der Waals surface area contributed by atoms with E-state index in [1.165, 1.54) is 0 Å². The summed E-state index contributed by atoms with van der Waals surface area (Å²) in [7, 11) is 0. The fraction of sp³-hybridized carbons (Fsp3) is 0.619. The Bertz CT molecular complexity index is 892. The number of aromatic nitrogens is 3. The first-order valence-electron chi connectivity index (χ1n) is 10.4. The van der Waals surface area contributed by atoms with Gasteiger partial charge >= 0.3 is 0 Å². The first-order valence-corrected chi connectivity index (χ1v) is 10.4. The number of nitrogens with zero attached hydrogens (tertiary/aromatic N) is 5. The number of amides is 1. The number of aryl methyl sites for hydroxylation is 2. The average molecular weight is 397 g/mol. The van der Waals surface area contributed by atoms with E-state index in [4.69, 9.17) is 9.26 Å². The highest BCUT2D eigenvalue weighted by molar-refractivity contribution is 5.94. The van der Waals surface area contributed by atoms with E-state index in [2.05, 4.69) is 20.0 Å². The summed E-state index contributed by atoms with van der Waals surface area (Å²) in [6.45, 7) is 8.51. The Balaban J connectivity index is 1.41. The lowest BCUT2D eigenvalue weighted by Crippen LogP contribution is -2.44. The minimum atomic E-state index is -0.298. The first kappa shape index (κ1) is 18.7. The summed E-state index contributed by atoms with van der Waals surface area (Å²) in [5, 5.41) is 4.05. The van der Waals surface area contributed by atoms with Gasteiger partial charge in [0.2, 0.25) is 5.89 Å². The van der Waals surface area contributed by atoms with Crippen LogP contribution in [0.15, 0.2) is 22.9 Å². The summed E-state index contributed by atoms with van der Waals surface area (Å²) >= 11 is 0. The van der Waals surface area contributed by atoms with Crippen molar-refractivity contribution < 1.29 is 14.1 Å². The molecule has 5 heterocycles. The van der Waals surface area contributed by atoms with E-state index in [9.17, 15) is 4.79 Å². The number of hydrogen-bond acceptors (Lipinski definition) is 7. The van der Waals surface area contributed by atoms with Crippen LogP contribution in [-0.2, 0) is 10.2 Å². The lowest BCUT2D eigenvalue weighted by molar-refractivity contribution is 0.0369. The second-order valence-electron chi connectivity index (χ2n) is 8.65. The normalized spacial score (nSPS) is 28.1. The molecule has 0 aromatic carbocycles. The van der Waals surface area contributed by atoms with Crippen LogP contribution in [0.25, 0.3) is 0 Å². The molecule has 8 nitrogen and oxygen atoms in total. The van der Waals surface area contributed by atoms with Crippen LogP contribution in [0.4, 0.5) is 0 Å². The standard InChI is InChI=1S/C21H27N5O3/c1-14-3-4-16(9-22-14)19(27)26-11-17-10-25(18-5-7-28-8-6-18)12-21(17,13-26)20-23-15(2)24-29-20/h3-4,9,17-18H,5-8,10-13H2,1-2H3/t17-,21-/m1/s1. The molecule has 1 amide bonds. The molecule has 0 unspecified atom stereocenters. The fourth-order valence-electron chi connectivity index (χ4n) is 5.17. The van der Waals surface area contributed by atoms with E-state index in [-0.39, 0.29) is 17.2 Å². The predicted octanol–water partition coefficient (Wildman–Crippen LogP) is 1.59. The van der Waals surface area contributed by atoms with Crippen molar-refractivity contribution in [1.82, 2.24) is 24.9 Å². The number of rotatable bonds is 3. The predicted molar refractivity (Wildman–Crippen MR) is 104 cm³/mol. The van der Waals surface area contributed by atoms with Crippen molar-refractivity contribution in [3.05, 3.63) is 41.3 Å². The molecule has 2 aromatic rings. The number of fused-ring (bicyclic) bond motifs is 1. The Morgan fingerprint density at radius 3 is 2.69 bits per heavy atom. The maximum absolute atomic E-state index is 13.1. The second kappa shape index (κ2) is 7.18. The molecule has 0 radical (unpaired) electrons. The SMILES string of the molecule is Cc1ccc(C(=O)N2C[C@H]3CN(C4CCOCC4)C[C@@]3(c3nc(C)no3)C2)cn1. The molecule has 0 bridgehead atoms. The molecule has 5 rings (SSSR count). The molecule has 0 spiro atoms. The number of carbonyl (C=O) groups is 1. The van der Waals surface area contributed by atoms with Crippen molar-refractivity contribution in [1.29, 1.82) is 0 Å². The summed E-state index contributed by atoms with van der Waals surface area (Å²) in [6.07, 6.45) is 3.79. The highest BCUT2D eigenvalue weighted by Crippen LogP contribution is 2.45. The van der Waals surface area contributed by atoms with E-state index in [1.54, 1.807) is 6.20 Å². The topological polar surface area (TPSA) is 84.6 Å². The molecular weight excluding hydrogens is 370 g/mol. The summed E-state index contributed by atoms with van der Waals surface area (Å²) in [5.74, 6) is 1.63. The monoisotopic (exact) mass is 397 g/mol. The van der Waals surface area contributed by atoms with Gasteiger partial charge in [0.15, 0.2) is 5.82 Å². The first-order chi connectivity index (χ1) is 14.0. The molecule has 2 aromatic heterocycles. The molecule has 8 heteroatoms. The molecule has 3 aliphatic rings. The number of likely N-dealkylation sites (tertiary alicyclic amines) is 2. The van der Waals surface area contributed by atoms with Gasteiger partial charge in [0, 0.05) is 63.2 Å². The van der Waals surface area contributed by atoms with Crippen LogP contribution in [-0.4, -0.2) is 76.3 Å². The van der Waals surface area contributed by atoms with Crippen LogP contribution in [0.2, 0.25) is 0 Å². The minimum Gasteiger partial charge on any atom is -0.381 e. The number of carbonyl (C=O) groups excluding carboxylic acids is 1. The van der Waals surface area contributed by atoms with Crippen LogP contribution in [0, 0.1) is 19.8 Å². The van der Waals surface area contributed by atoms with Crippen molar-refractivity contribution in [3.8, 4) is 0 Å². The Morgan fingerprint density at radius 2 is 2.00 bits per heavy atom. The molecular formula is C21H27N5O3.